The first kappa shape index (κ1) is 18.8. The monoisotopic (exact) mass is 340 g/mol. The number of carbonyl (C=O) groups is 1. The second kappa shape index (κ2) is 10.5. The summed E-state index contributed by atoms with van der Waals surface area (Å²) in [5.41, 5.74) is 1.09. The highest BCUT2D eigenvalue weighted by Gasteiger charge is 2.09. The third-order valence-corrected chi connectivity index (χ3v) is 4.78. The average molecular weight is 341 g/mol. The standard InChI is InChI=1S/C16H24N2O2S2/c1-4-18(5-2)16(21)22-12-15(19)17-11-10-13-8-6-7-9-14(13)20-3/h6-9H,4-5,10-12H2,1-3H3,(H,17,19). The number of hydrogen-bond donors (Lipinski definition) is 1. The molecule has 0 aliphatic carbocycles. The maximum absolute atomic E-state index is 11.9. The molecule has 0 aromatic heterocycles. The molecule has 1 aromatic carbocycles. The quantitative estimate of drug-likeness (QED) is 0.737. The van der Waals surface area contributed by atoms with E-state index < -0.39 is 0 Å². The van der Waals surface area contributed by atoms with E-state index in [1.54, 1.807) is 7.11 Å². The lowest BCUT2D eigenvalue weighted by Crippen LogP contribution is -2.31. The van der Waals surface area contributed by atoms with Gasteiger partial charge < -0.3 is 15.0 Å². The molecule has 0 saturated heterocycles. The van der Waals surface area contributed by atoms with Crippen molar-refractivity contribution in [3.05, 3.63) is 29.8 Å². The lowest BCUT2D eigenvalue weighted by molar-refractivity contribution is -0.118. The van der Waals surface area contributed by atoms with Gasteiger partial charge in [-0.3, -0.25) is 4.79 Å². The summed E-state index contributed by atoms with van der Waals surface area (Å²) in [4.78, 5) is 13.9. The Bertz CT molecular complexity index is 491. The number of ether oxygens (including phenoxy) is 1. The van der Waals surface area contributed by atoms with Gasteiger partial charge in [-0.05, 0) is 31.9 Å². The average Bonchev–Trinajstić information content (AvgIpc) is 2.54. The molecule has 0 radical (unpaired) electrons. The molecule has 0 bridgehead atoms. The van der Waals surface area contributed by atoms with Crippen LogP contribution in [-0.4, -0.2) is 47.6 Å². The van der Waals surface area contributed by atoms with E-state index in [4.69, 9.17) is 17.0 Å². The largest absolute Gasteiger partial charge is 0.496 e. The van der Waals surface area contributed by atoms with Crippen molar-refractivity contribution in [3.8, 4) is 5.75 Å². The smallest absolute Gasteiger partial charge is 0.230 e. The zero-order valence-electron chi connectivity index (χ0n) is 13.4. The number of methoxy groups -OCH3 is 1. The minimum atomic E-state index is 0.00871. The van der Waals surface area contributed by atoms with Crippen molar-refractivity contribution in [2.24, 2.45) is 0 Å². The summed E-state index contributed by atoms with van der Waals surface area (Å²) in [6.45, 7) is 6.46. The van der Waals surface area contributed by atoms with Gasteiger partial charge in [0.15, 0.2) is 0 Å². The lowest BCUT2D eigenvalue weighted by atomic mass is 10.1. The van der Waals surface area contributed by atoms with E-state index in [-0.39, 0.29) is 5.91 Å². The Hall–Kier alpha value is -1.27. The molecule has 0 spiro atoms. The van der Waals surface area contributed by atoms with Crippen molar-refractivity contribution in [2.45, 2.75) is 20.3 Å². The number of hydrogen-bond acceptors (Lipinski definition) is 4. The van der Waals surface area contributed by atoms with Gasteiger partial charge in [0.25, 0.3) is 0 Å². The van der Waals surface area contributed by atoms with E-state index in [1.807, 2.05) is 24.3 Å². The molecule has 0 saturated carbocycles. The SMILES string of the molecule is CCN(CC)C(=S)SCC(=O)NCCc1ccccc1OC. The number of amides is 1. The Morgan fingerprint density at radius 3 is 2.64 bits per heavy atom. The summed E-state index contributed by atoms with van der Waals surface area (Å²) in [5.74, 6) is 1.23. The Morgan fingerprint density at radius 1 is 1.32 bits per heavy atom. The first-order valence-corrected chi connectivity index (χ1v) is 8.82. The predicted molar refractivity (Wildman–Crippen MR) is 97.7 cm³/mol. The van der Waals surface area contributed by atoms with Gasteiger partial charge in [0, 0.05) is 19.6 Å². The van der Waals surface area contributed by atoms with E-state index in [0.29, 0.717) is 12.3 Å². The molecule has 0 unspecified atom stereocenters. The van der Waals surface area contributed by atoms with Gasteiger partial charge in [-0.25, -0.2) is 0 Å². The molecule has 0 aliphatic heterocycles. The van der Waals surface area contributed by atoms with E-state index in [0.717, 1.165) is 35.1 Å². The summed E-state index contributed by atoms with van der Waals surface area (Å²) >= 11 is 6.72. The maximum Gasteiger partial charge on any atom is 0.230 e. The van der Waals surface area contributed by atoms with Gasteiger partial charge in [-0.1, -0.05) is 42.2 Å². The number of benzene rings is 1. The van der Waals surface area contributed by atoms with Gasteiger partial charge in [0.05, 0.1) is 12.9 Å². The van der Waals surface area contributed by atoms with E-state index >= 15 is 0 Å². The zero-order chi connectivity index (χ0) is 16.4. The van der Waals surface area contributed by atoms with Crippen LogP contribution < -0.4 is 10.1 Å². The number of nitrogens with one attached hydrogen (secondary N) is 1. The highest BCUT2D eigenvalue weighted by molar-refractivity contribution is 8.23. The molecule has 1 N–H and O–H groups in total. The van der Waals surface area contributed by atoms with Crippen molar-refractivity contribution >= 4 is 34.2 Å². The summed E-state index contributed by atoms with van der Waals surface area (Å²) in [6.07, 6.45) is 0.751. The van der Waals surface area contributed by atoms with Crippen molar-refractivity contribution < 1.29 is 9.53 Å². The van der Waals surface area contributed by atoms with Crippen LogP contribution in [-0.2, 0) is 11.2 Å². The number of thioether (sulfide) groups is 1. The van der Waals surface area contributed by atoms with Crippen LogP contribution in [0, 0.1) is 0 Å². The summed E-state index contributed by atoms with van der Waals surface area (Å²) < 4.78 is 6.08. The van der Waals surface area contributed by atoms with Crippen LogP contribution in [0.1, 0.15) is 19.4 Å². The van der Waals surface area contributed by atoms with Crippen molar-refractivity contribution in [1.29, 1.82) is 0 Å². The van der Waals surface area contributed by atoms with Crippen LogP contribution in [0.4, 0.5) is 0 Å². The first-order chi connectivity index (χ1) is 10.6. The Balaban J connectivity index is 2.30. The Kier molecular flexibility index (Phi) is 8.92. The third-order valence-electron chi connectivity index (χ3n) is 3.26. The molecular weight excluding hydrogens is 316 g/mol. The van der Waals surface area contributed by atoms with Gasteiger partial charge in [0.1, 0.15) is 10.1 Å². The molecule has 1 amide bonds. The molecule has 22 heavy (non-hydrogen) atoms. The van der Waals surface area contributed by atoms with Crippen LogP contribution in [0.5, 0.6) is 5.75 Å². The summed E-state index contributed by atoms with van der Waals surface area (Å²) in [6, 6.07) is 7.84. The van der Waals surface area contributed by atoms with E-state index in [1.165, 1.54) is 11.8 Å². The molecule has 122 valence electrons. The molecule has 0 aliphatic rings. The van der Waals surface area contributed by atoms with Gasteiger partial charge in [-0.2, -0.15) is 0 Å². The van der Waals surface area contributed by atoms with Crippen molar-refractivity contribution in [3.63, 3.8) is 0 Å². The minimum Gasteiger partial charge on any atom is -0.496 e. The number of carbonyl (C=O) groups excluding carboxylic acids is 1. The second-order valence-electron chi connectivity index (χ2n) is 4.64. The van der Waals surface area contributed by atoms with Crippen LogP contribution in [0.25, 0.3) is 0 Å². The number of nitrogens with zero attached hydrogens (tertiary/aromatic N) is 1. The normalized spacial score (nSPS) is 10.1. The number of para-hydroxylation sites is 1. The van der Waals surface area contributed by atoms with Crippen molar-refractivity contribution in [1.82, 2.24) is 10.2 Å². The minimum absolute atomic E-state index is 0.00871. The first-order valence-electron chi connectivity index (χ1n) is 7.42. The summed E-state index contributed by atoms with van der Waals surface area (Å²) in [7, 11) is 1.65. The fourth-order valence-electron chi connectivity index (χ4n) is 2.00. The third kappa shape index (κ3) is 6.23. The highest BCUT2D eigenvalue weighted by atomic mass is 32.2. The molecule has 1 aromatic rings. The molecule has 0 atom stereocenters. The van der Waals surface area contributed by atoms with Gasteiger partial charge >= 0.3 is 0 Å². The topological polar surface area (TPSA) is 41.6 Å². The molecular formula is C16H24N2O2S2. The number of thiocarbonyl (C=S) groups is 1. The van der Waals surface area contributed by atoms with Crippen LogP contribution in [0.2, 0.25) is 0 Å². The molecule has 4 nitrogen and oxygen atoms in total. The van der Waals surface area contributed by atoms with Gasteiger partial charge in [-0.15, -0.1) is 0 Å². The highest BCUT2D eigenvalue weighted by Crippen LogP contribution is 2.17. The fourth-order valence-corrected chi connectivity index (χ4v) is 3.23. The Morgan fingerprint density at radius 2 is 2.00 bits per heavy atom. The van der Waals surface area contributed by atoms with Crippen molar-refractivity contribution in [2.75, 3.05) is 32.5 Å². The predicted octanol–water partition coefficient (Wildman–Crippen LogP) is 2.71. The second-order valence-corrected chi connectivity index (χ2v) is 6.25. The maximum atomic E-state index is 11.9. The molecule has 6 heteroatoms. The molecule has 0 fully saturated rings. The van der Waals surface area contributed by atoms with E-state index in [2.05, 4.69) is 24.1 Å². The number of rotatable bonds is 8. The molecule has 1 rings (SSSR count). The molecule has 0 heterocycles. The van der Waals surface area contributed by atoms with E-state index in [9.17, 15) is 4.79 Å². The van der Waals surface area contributed by atoms with Crippen LogP contribution >= 0.6 is 24.0 Å². The van der Waals surface area contributed by atoms with Crippen LogP contribution in [0.3, 0.4) is 0 Å². The lowest BCUT2D eigenvalue weighted by Gasteiger charge is -2.20. The summed E-state index contributed by atoms with van der Waals surface area (Å²) in [5, 5.41) is 2.92. The fraction of sp³-hybridized carbons (Fsp3) is 0.500. The zero-order valence-corrected chi connectivity index (χ0v) is 15.1. The van der Waals surface area contributed by atoms with Crippen LogP contribution in [0.15, 0.2) is 24.3 Å². The Labute approximate surface area is 142 Å². The van der Waals surface area contributed by atoms with Gasteiger partial charge in [0.2, 0.25) is 5.91 Å².